The maximum absolute atomic E-state index is 14.5. The van der Waals surface area contributed by atoms with E-state index in [0.29, 0.717) is 10.9 Å². The van der Waals surface area contributed by atoms with Crippen molar-refractivity contribution in [2.75, 3.05) is 5.32 Å². The van der Waals surface area contributed by atoms with Crippen molar-refractivity contribution in [2.45, 2.75) is 27.2 Å². The van der Waals surface area contributed by atoms with Gasteiger partial charge in [0.15, 0.2) is 0 Å². The molecule has 0 aliphatic rings. The first-order valence-corrected chi connectivity index (χ1v) is 14.6. The van der Waals surface area contributed by atoms with E-state index >= 15 is 0 Å². The van der Waals surface area contributed by atoms with Gasteiger partial charge in [0.05, 0.1) is 23.0 Å². The molecule has 2 heterocycles. The molecule has 4 aromatic carbocycles. The number of pyridine rings is 1. The second-order valence-corrected chi connectivity index (χ2v) is 11.5. The third kappa shape index (κ3) is 5.10. The number of carbonyl (C=O) groups excluding carboxylic acids is 1. The molecule has 208 valence electrons. The van der Waals surface area contributed by atoms with Gasteiger partial charge in [-0.25, -0.2) is 0 Å². The van der Waals surface area contributed by atoms with Crippen LogP contribution in [0.2, 0.25) is 0 Å². The van der Waals surface area contributed by atoms with Crippen LogP contribution in [0.25, 0.3) is 33.5 Å². The summed E-state index contributed by atoms with van der Waals surface area (Å²) >= 11 is 3.56. The first-order valence-electron chi connectivity index (χ1n) is 13.9. The largest absolute Gasteiger partial charge is 0.326 e. The van der Waals surface area contributed by atoms with Crippen LogP contribution in [0.5, 0.6) is 0 Å². The molecule has 0 atom stereocenters. The summed E-state index contributed by atoms with van der Waals surface area (Å²) in [6, 6.07) is 35.6. The minimum Gasteiger partial charge on any atom is -0.326 e. The molecule has 6 rings (SSSR count). The lowest BCUT2D eigenvalue weighted by Gasteiger charge is -2.14. The Hall–Kier alpha value is -4.68. The van der Waals surface area contributed by atoms with Gasteiger partial charge in [-0.2, -0.15) is 0 Å². The average molecular weight is 617 g/mol. The van der Waals surface area contributed by atoms with Crippen LogP contribution in [0.1, 0.15) is 22.4 Å². The van der Waals surface area contributed by atoms with Crippen molar-refractivity contribution < 1.29 is 4.79 Å². The number of halogens is 1. The summed E-state index contributed by atoms with van der Waals surface area (Å²) in [5.41, 5.74) is 8.42. The van der Waals surface area contributed by atoms with Crippen molar-refractivity contribution in [1.82, 2.24) is 9.13 Å². The Morgan fingerprint density at radius 3 is 2.00 bits per heavy atom. The minimum atomic E-state index is -0.182. The van der Waals surface area contributed by atoms with Crippen LogP contribution in [-0.2, 0) is 11.2 Å². The molecular formula is C36H30BrN3O2. The Morgan fingerprint density at radius 1 is 0.762 bits per heavy atom. The normalized spacial score (nSPS) is 11.1. The van der Waals surface area contributed by atoms with E-state index in [-0.39, 0.29) is 17.9 Å². The topological polar surface area (TPSA) is 56.0 Å². The number of hydrogen-bond donors (Lipinski definition) is 1. The van der Waals surface area contributed by atoms with Crippen LogP contribution in [0.3, 0.4) is 0 Å². The maximum atomic E-state index is 14.5. The van der Waals surface area contributed by atoms with Crippen molar-refractivity contribution in [3.63, 3.8) is 0 Å². The average Bonchev–Trinajstić information content (AvgIpc) is 3.29. The number of amides is 1. The van der Waals surface area contributed by atoms with E-state index < -0.39 is 0 Å². The highest BCUT2D eigenvalue weighted by Crippen LogP contribution is 2.37. The summed E-state index contributed by atoms with van der Waals surface area (Å²) < 4.78 is 4.79. The number of nitrogens with zero attached hydrogens (tertiary/aromatic N) is 2. The second kappa shape index (κ2) is 11.3. The summed E-state index contributed by atoms with van der Waals surface area (Å²) in [5.74, 6) is -0.182. The van der Waals surface area contributed by atoms with Crippen LogP contribution in [0.15, 0.2) is 118 Å². The van der Waals surface area contributed by atoms with E-state index in [0.717, 1.165) is 55.1 Å². The van der Waals surface area contributed by atoms with Crippen LogP contribution < -0.4 is 10.9 Å². The van der Waals surface area contributed by atoms with Gasteiger partial charge in [-0.3, -0.25) is 14.2 Å². The van der Waals surface area contributed by atoms with Crippen molar-refractivity contribution in [2.24, 2.45) is 0 Å². The van der Waals surface area contributed by atoms with Gasteiger partial charge < -0.3 is 9.88 Å². The molecule has 0 unspecified atom stereocenters. The molecule has 0 aliphatic carbocycles. The second-order valence-electron chi connectivity index (χ2n) is 10.6. The summed E-state index contributed by atoms with van der Waals surface area (Å²) in [7, 11) is 0. The number of carbonyl (C=O) groups is 1. The lowest BCUT2D eigenvalue weighted by Crippen LogP contribution is -2.22. The van der Waals surface area contributed by atoms with Crippen LogP contribution in [-0.4, -0.2) is 15.0 Å². The standard InChI is InChI=1S/C36H30BrN3O2/c1-23-14-19-31(24(2)20-23)38-33(41)22-30-34-32(21-25(3)39(36(34)42)28-10-6-4-7-11-28)40(29-12-8-5-9-13-29)35(30)26-15-17-27(37)18-16-26/h4-21H,22H2,1-3H3,(H,38,41). The molecule has 2 aromatic heterocycles. The van der Waals surface area contributed by atoms with Crippen LogP contribution in [0, 0.1) is 20.8 Å². The van der Waals surface area contributed by atoms with Gasteiger partial charge in [0, 0.05) is 32.8 Å². The van der Waals surface area contributed by atoms with Crippen molar-refractivity contribution >= 4 is 38.4 Å². The number of nitrogens with one attached hydrogen (secondary N) is 1. The molecule has 1 N–H and O–H groups in total. The molecule has 6 aromatic rings. The third-order valence-corrected chi connectivity index (χ3v) is 8.09. The van der Waals surface area contributed by atoms with E-state index in [1.165, 1.54) is 0 Å². The molecule has 42 heavy (non-hydrogen) atoms. The Kier molecular flexibility index (Phi) is 7.40. The van der Waals surface area contributed by atoms with Crippen molar-refractivity contribution in [3.8, 4) is 22.6 Å². The quantitative estimate of drug-likeness (QED) is 0.205. The number of benzene rings is 4. The molecule has 0 radical (unpaired) electrons. The Morgan fingerprint density at radius 2 is 1.38 bits per heavy atom. The lowest BCUT2D eigenvalue weighted by molar-refractivity contribution is -0.115. The number of hydrogen-bond acceptors (Lipinski definition) is 2. The van der Waals surface area contributed by atoms with Gasteiger partial charge in [-0.1, -0.05) is 82.2 Å². The van der Waals surface area contributed by atoms with Crippen LogP contribution >= 0.6 is 15.9 Å². The van der Waals surface area contributed by atoms with Crippen LogP contribution in [0.4, 0.5) is 5.69 Å². The Bertz CT molecular complexity index is 1990. The van der Waals surface area contributed by atoms with Crippen molar-refractivity contribution in [1.29, 1.82) is 0 Å². The van der Waals surface area contributed by atoms with E-state index in [1.54, 1.807) is 4.57 Å². The Balaban J connectivity index is 1.65. The monoisotopic (exact) mass is 615 g/mol. The molecular weight excluding hydrogens is 586 g/mol. The molecule has 6 heteroatoms. The molecule has 0 bridgehead atoms. The zero-order valence-corrected chi connectivity index (χ0v) is 25.3. The van der Waals surface area contributed by atoms with Gasteiger partial charge in [-0.15, -0.1) is 0 Å². The highest BCUT2D eigenvalue weighted by molar-refractivity contribution is 9.10. The van der Waals surface area contributed by atoms with E-state index in [2.05, 4.69) is 25.8 Å². The fourth-order valence-corrected chi connectivity index (χ4v) is 5.95. The number of para-hydroxylation sites is 2. The summed E-state index contributed by atoms with van der Waals surface area (Å²) in [6.45, 7) is 5.96. The molecule has 5 nitrogen and oxygen atoms in total. The Labute approximate surface area is 253 Å². The number of fused-ring (bicyclic) bond motifs is 1. The summed E-state index contributed by atoms with van der Waals surface area (Å²) in [6.07, 6.45) is 0.0299. The summed E-state index contributed by atoms with van der Waals surface area (Å²) in [5, 5.41) is 3.63. The first kappa shape index (κ1) is 27.5. The van der Waals surface area contributed by atoms with Gasteiger partial charge in [-0.05, 0) is 80.4 Å². The first-order chi connectivity index (χ1) is 20.3. The highest BCUT2D eigenvalue weighted by atomic mass is 79.9. The predicted octanol–water partition coefficient (Wildman–Crippen LogP) is 8.32. The SMILES string of the molecule is Cc1ccc(NC(=O)Cc2c(-c3ccc(Br)cc3)n(-c3ccccc3)c3cc(C)n(-c4ccccc4)c(=O)c23)c(C)c1. The smallest absolute Gasteiger partial charge is 0.265 e. The van der Waals surface area contributed by atoms with Gasteiger partial charge in [0.1, 0.15) is 0 Å². The number of rotatable bonds is 6. The fourth-order valence-electron chi connectivity index (χ4n) is 5.69. The summed E-state index contributed by atoms with van der Waals surface area (Å²) in [4.78, 5) is 28.2. The third-order valence-electron chi connectivity index (χ3n) is 7.56. The fraction of sp³-hybridized carbons (Fsp3) is 0.111. The van der Waals surface area contributed by atoms with Crippen molar-refractivity contribution in [3.05, 3.63) is 146 Å². The zero-order chi connectivity index (χ0) is 29.4. The number of aryl methyl sites for hydroxylation is 3. The minimum absolute atomic E-state index is 0.0299. The number of anilines is 1. The van der Waals surface area contributed by atoms with E-state index in [1.807, 2.05) is 130 Å². The molecule has 0 fully saturated rings. The molecule has 0 saturated heterocycles. The lowest BCUT2D eigenvalue weighted by atomic mass is 10.0. The van der Waals surface area contributed by atoms with Gasteiger partial charge >= 0.3 is 0 Å². The molecule has 0 saturated carbocycles. The van der Waals surface area contributed by atoms with E-state index in [9.17, 15) is 9.59 Å². The molecule has 0 spiro atoms. The number of aromatic nitrogens is 2. The maximum Gasteiger partial charge on any atom is 0.265 e. The zero-order valence-electron chi connectivity index (χ0n) is 23.7. The molecule has 1 amide bonds. The van der Waals surface area contributed by atoms with Gasteiger partial charge in [0.2, 0.25) is 5.91 Å². The van der Waals surface area contributed by atoms with E-state index in [4.69, 9.17) is 0 Å². The predicted molar refractivity (Wildman–Crippen MR) is 175 cm³/mol. The highest BCUT2D eigenvalue weighted by Gasteiger charge is 2.26. The molecule has 0 aliphatic heterocycles. The van der Waals surface area contributed by atoms with Gasteiger partial charge in [0.25, 0.3) is 5.56 Å².